The van der Waals surface area contributed by atoms with Crippen LogP contribution < -0.4 is 10.5 Å². The fourth-order valence-corrected chi connectivity index (χ4v) is 1.38. The molecule has 0 aromatic heterocycles. The van der Waals surface area contributed by atoms with Crippen LogP contribution in [-0.4, -0.2) is 18.3 Å². The maximum Gasteiger partial charge on any atom is 0.124 e. The lowest BCUT2D eigenvalue weighted by atomic mass is 10.1. The maximum atomic E-state index is 8.63. The van der Waals surface area contributed by atoms with Crippen LogP contribution in [0.5, 0.6) is 5.75 Å². The molecule has 1 atom stereocenters. The first kappa shape index (κ1) is 12.0. The van der Waals surface area contributed by atoms with E-state index >= 15 is 0 Å². The van der Waals surface area contributed by atoms with Crippen LogP contribution >= 0.6 is 0 Å². The number of aliphatic hydroxyl groups excluding tert-OH is 1. The summed E-state index contributed by atoms with van der Waals surface area (Å²) in [5.41, 5.74) is 6.85. The van der Waals surface area contributed by atoms with Gasteiger partial charge in [0.2, 0.25) is 0 Å². The predicted octanol–water partition coefficient (Wildman–Crippen LogP) is 1.86. The minimum absolute atomic E-state index is 0.0148. The van der Waals surface area contributed by atoms with E-state index in [0.29, 0.717) is 6.61 Å². The lowest BCUT2D eigenvalue weighted by molar-refractivity contribution is 0.252. The molecule has 0 aliphatic rings. The molecule has 1 unspecified atom stereocenters. The van der Waals surface area contributed by atoms with Gasteiger partial charge >= 0.3 is 0 Å². The van der Waals surface area contributed by atoms with Crippen LogP contribution in [0, 0.1) is 0 Å². The molecule has 3 heteroatoms. The second-order valence-corrected chi connectivity index (χ2v) is 3.61. The van der Waals surface area contributed by atoms with Crippen LogP contribution in [0.2, 0.25) is 0 Å². The van der Waals surface area contributed by atoms with Crippen molar-refractivity contribution in [3.8, 4) is 5.75 Å². The molecule has 15 heavy (non-hydrogen) atoms. The molecule has 0 aliphatic carbocycles. The van der Waals surface area contributed by atoms with Gasteiger partial charge in [0.1, 0.15) is 5.75 Å². The molecule has 1 aromatic rings. The lowest BCUT2D eigenvalue weighted by Gasteiger charge is -2.13. The molecular weight excluding hydrogens is 190 g/mol. The normalized spacial score (nSPS) is 12.5. The minimum atomic E-state index is -0.0148. The van der Waals surface area contributed by atoms with E-state index in [1.807, 2.05) is 31.2 Å². The summed E-state index contributed by atoms with van der Waals surface area (Å²) < 4.78 is 5.61. The van der Waals surface area contributed by atoms with Crippen molar-refractivity contribution < 1.29 is 9.84 Å². The summed E-state index contributed by atoms with van der Waals surface area (Å²) in [6, 6.07) is 7.79. The minimum Gasteiger partial charge on any atom is -0.493 e. The van der Waals surface area contributed by atoms with Crippen molar-refractivity contribution in [2.75, 3.05) is 13.2 Å². The van der Waals surface area contributed by atoms with Gasteiger partial charge in [0.15, 0.2) is 0 Å². The first-order valence-corrected chi connectivity index (χ1v) is 5.34. The third-order valence-electron chi connectivity index (χ3n) is 2.22. The molecular formula is C12H19NO2. The highest BCUT2D eigenvalue weighted by molar-refractivity contribution is 5.35. The number of nitrogens with two attached hydrogens (primary N) is 1. The molecule has 0 heterocycles. The number of hydrogen-bond acceptors (Lipinski definition) is 3. The summed E-state index contributed by atoms with van der Waals surface area (Å²) in [7, 11) is 0. The number of hydrogen-bond donors (Lipinski definition) is 2. The van der Waals surface area contributed by atoms with Crippen LogP contribution in [0.25, 0.3) is 0 Å². The molecule has 0 amide bonds. The quantitative estimate of drug-likeness (QED) is 0.703. The van der Waals surface area contributed by atoms with Crippen molar-refractivity contribution in [3.63, 3.8) is 0 Å². The van der Waals surface area contributed by atoms with E-state index in [2.05, 4.69) is 0 Å². The lowest BCUT2D eigenvalue weighted by Crippen LogP contribution is -2.08. The van der Waals surface area contributed by atoms with Gasteiger partial charge in [-0.2, -0.15) is 0 Å². The second-order valence-electron chi connectivity index (χ2n) is 3.61. The van der Waals surface area contributed by atoms with Gasteiger partial charge in [-0.05, 0) is 25.8 Å². The number of aliphatic hydroxyl groups is 1. The summed E-state index contributed by atoms with van der Waals surface area (Å²) in [6.07, 6.45) is 1.64. The fourth-order valence-electron chi connectivity index (χ4n) is 1.38. The zero-order chi connectivity index (χ0) is 11.1. The number of ether oxygens (including phenoxy) is 1. The Labute approximate surface area is 90.9 Å². The van der Waals surface area contributed by atoms with Crippen LogP contribution in [0.1, 0.15) is 31.4 Å². The molecule has 3 N–H and O–H groups in total. The monoisotopic (exact) mass is 209 g/mol. The van der Waals surface area contributed by atoms with Gasteiger partial charge in [-0.25, -0.2) is 0 Å². The molecule has 0 aliphatic heterocycles. The summed E-state index contributed by atoms with van der Waals surface area (Å²) in [5, 5.41) is 8.63. The van der Waals surface area contributed by atoms with Crippen LogP contribution in [0.15, 0.2) is 24.3 Å². The molecule has 3 nitrogen and oxygen atoms in total. The van der Waals surface area contributed by atoms with E-state index in [9.17, 15) is 0 Å². The standard InChI is InChI=1S/C12H19NO2/c1-10(13)11-6-2-3-7-12(11)15-9-5-4-8-14/h2-3,6-7,10,14H,4-5,8-9,13H2,1H3. The SMILES string of the molecule is CC(N)c1ccccc1OCCCCO. The molecule has 0 spiro atoms. The highest BCUT2D eigenvalue weighted by Gasteiger charge is 2.06. The van der Waals surface area contributed by atoms with Crippen molar-refractivity contribution in [2.24, 2.45) is 5.73 Å². The Morgan fingerprint density at radius 3 is 2.73 bits per heavy atom. The molecule has 0 radical (unpaired) electrons. The second kappa shape index (κ2) is 6.43. The number of unbranched alkanes of at least 4 members (excludes halogenated alkanes) is 1. The van der Waals surface area contributed by atoms with Gasteiger partial charge in [0.05, 0.1) is 6.61 Å². The van der Waals surface area contributed by atoms with E-state index in [1.165, 1.54) is 0 Å². The average molecular weight is 209 g/mol. The first-order valence-electron chi connectivity index (χ1n) is 5.34. The molecule has 0 bridgehead atoms. The van der Waals surface area contributed by atoms with E-state index in [1.54, 1.807) is 0 Å². The van der Waals surface area contributed by atoms with Crippen LogP contribution in [0.3, 0.4) is 0 Å². The van der Waals surface area contributed by atoms with Crippen molar-refractivity contribution in [2.45, 2.75) is 25.8 Å². The van der Waals surface area contributed by atoms with Crippen molar-refractivity contribution >= 4 is 0 Å². The Morgan fingerprint density at radius 2 is 2.07 bits per heavy atom. The number of benzene rings is 1. The highest BCUT2D eigenvalue weighted by atomic mass is 16.5. The summed E-state index contributed by atoms with van der Waals surface area (Å²) >= 11 is 0. The molecule has 0 saturated carbocycles. The van der Waals surface area contributed by atoms with E-state index in [-0.39, 0.29) is 12.6 Å². The van der Waals surface area contributed by atoms with Gasteiger partial charge < -0.3 is 15.6 Å². The molecule has 84 valence electrons. The zero-order valence-corrected chi connectivity index (χ0v) is 9.15. The summed E-state index contributed by atoms with van der Waals surface area (Å²) in [4.78, 5) is 0. The fraction of sp³-hybridized carbons (Fsp3) is 0.500. The highest BCUT2D eigenvalue weighted by Crippen LogP contribution is 2.23. The van der Waals surface area contributed by atoms with Gasteiger partial charge in [0.25, 0.3) is 0 Å². The maximum absolute atomic E-state index is 8.63. The topological polar surface area (TPSA) is 55.5 Å². The van der Waals surface area contributed by atoms with Crippen LogP contribution in [-0.2, 0) is 0 Å². The third-order valence-corrected chi connectivity index (χ3v) is 2.22. The van der Waals surface area contributed by atoms with Gasteiger partial charge in [0, 0.05) is 18.2 Å². The van der Waals surface area contributed by atoms with Gasteiger partial charge in [-0.3, -0.25) is 0 Å². The van der Waals surface area contributed by atoms with Gasteiger partial charge in [-0.15, -0.1) is 0 Å². The average Bonchev–Trinajstić information content (AvgIpc) is 2.25. The third kappa shape index (κ3) is 3.90. The smallest absolute Gasteiger partial charge is 0.124 e. The Bertz CT molecular complexity index is 287. The Kier molecular flexibility index (Phi) is 5.15. The molecule has 0 fully saturated rings. The summed E-state index contributed by atoms with van der Waals surface area (Å²) in [5.74, 6) is 0.852. The van der Waals surface area contributed by atoms with E-state index < -0.39 is 0 Å². The van der Waals surface area contributed by atoms with E-state index in [0.717, 1.165) is 24.2 Å². The van der Waals surface area contributed by atoms with Crippen molar-refractivity contribution in [1.82, 2.24) is 0 Å². The Morgan fingerprint density at radius 1 is 1.33 bits per heavy atom. The molecule has 1 rings (SSSR count). The number of rotatable bonds is 6. The van der Waals surface area contributed by atoms with E-state index in [4.69, 9.17) is 15.6 Å². The zero-order valence-electron chi connectivity index (χ0n) is 9.15. The van der Waals surface area contributed by atoms with Gasteiger partial charge in [-0.1, -0.05) is 18.2 Å². The Balaban J connectivity index is 2.52. The first-order chi connectivity index (χ1) is 7.25. The molecule has 1 aromatic carbocycles. The Hall–Kier alpha value is -1.06. The van der Waals surface area contributed by atoms with Crippen LogP contribution in [0.4, 0.5) is 0 Å². The van der Waals surface area contributed by atoms with Crippen molar-refractivity contribution in [3.05, 3.63) is 29.8 Å². The predicted molar refractivity (Wildman–Crippen MR) is 60.9 cm³/mol. The largest absolute Gasteiger partial charge is 0.493 e. The molecule has 0 saturated heterocycles. The summed E-state index contributed by atoms with van der Waals surface area (Å²) in [6.45, 7) is 2.79. The number of para-hydroxylation sites is 1. The van der Waals surface area contributed by atoms with Crippen molar-refractivity contribution in [1.29, 1.82) is 0 Å².